The van der Waals surface area contributed by atoms with Gasteiger partial charge in [0.15, 0.2) is 0 Å². The molecule has 3 atom stereocenters. The summed E-state index contributed by atoms with van der Waals surface area (Å²) in [6, 6.07) is 3.50. The maximum atomic E-state index is 13.5. The fourth-order valence-electron chi connectivity index (χ4n) is 7.12. The van der Waals surface area contributed by atoms with Gasteiger partial charge >= 0.3 is 118 Å². The summed E-state index contributed by atoms with van der Waals surface area (Å²) < 4.78 is 0. The van der Waals surface area contributed by atoms with Gasteiger partial charge in [0.25, 0.3) is 0 Å². The molecule has 0 saturated heterocycles. The average Bonchev–Trinajstić information content (AvgIpc) is 3.74. The number of H-pyrrole nitrogens is 2. The molecule has 2 aliphatic heterocycles. The van der Waals surface area contributed by atoms with E-state index in [0.29, 0.717) is 23.1 Å². The van der Waals surface area contributed by atoms with E-state index in [4.69, 9.17) is 9.97 Å². The number of aromatic amines is 2. The molecule has 0 aromatic carbocycles. The predicted octanol–water partition coefficient (Wildman–Crippen LogP) is -11.8. The van der Waals surface area contributed by atoms with Crippen molar-refractivity contribution in [1.29, 1.82) is 0 Å². The Morgan fingerprint density at radius 3 is 2.04 bits per heavy atom. The number of allylic oxidation sites excluding steroid dienone is 1. The monoisotopic (exact) mass is 799 g/mol. The zero-order chi connectivity index (χ0) is 38.2. The third kappa shape index (κ3) is 11.0. The van der Waals surface area contributed by atoms with Crippen LogP contribution in [-0.4, -0.2) is 55.8 Å². The second kappa shape index (κ2) is 21.8. The number of amides is 1. The molecule has 0 radical (unpaired) electrons. The second-order valence-electron chi connectivity index (χ2n) is 13.1. The van der Waals surface area contributed by atoms with Crippen LogP contribution in [0.15, 0.2) is 24.8 Å². The number of nitrogens with one attached hydrogen (secondary N) is 3. The van der Waals surface area contributed by atoms with E-state index in [9.17, 15) is 44.4 Å². The van der Waals surface area contributed by atoms with Crippen LogP contribution >= 0.6 is 0 Å². The molecule has 5 heterocycles. The molecule has 0 spiro atoms. The van der Waals surface area contributed by atoms with Crippen molar-refractivity contribution in [2.45, 2.75) is 84.6 Å². The van der Waals surface area contributed by atoms with Crippen molar-refractivity contribution in [1.82, 2.24) is 25.3 Å². The van der Waals surface area contributed by atoms with Crippen molar-refractivity contribution in [2.75, 3.05) is 0 Å². The third-order valence-electron chi connectivity index (χ3n) is 9.92. The van der Waals surface area contributed by atoms with Gasteiger partial charge in [-0.2, -0.15) is 0 Å². The smallest absolute Gasteiger partial charge is 0.550 e. The minimum atomic E-state index is -1.96. The van der Waals surface area contributed by atoms with Crippen LogP contribution in [-0.2, 0) is 36.8 Å². The Labute approximate surface area is 412 Å². The first-order valence-corrected chi connectivity index (χ1v) is 16.8. The topological polar surface area (TPSA) is 247 Å². The number of hydrogen-bond donors (Lipinski definition) is 3. The molecular weight excluding hydrogens is 762 g/mol. The molecule has 1 amide bonds. The van der Waals surface area contributed by atoms with Crippen LogP contribution in [0.2, 0.25) is 0 Å². The first-order valence-electron chi connectivity index (χ1n) is 16.8. The Morgan fingerprint density at radius 2 is 1.48 bits per heavy atom. The summed E-state index contributed by atoms with van der Waals surface area (Å²) in [7, 11) is 0. The van der Waals surface area contributed by atoms with Crippen LogP contribution in [0.3, 0.4) is 0 Å². The molecule has 5 rings (SSSR count). The maximum absolute atomic E-state index is 13.5. The number of aryl methyl sites for hydroxylation is 3. The molecule has 8 bridgehead atoms. The Hall–Kier alpha value is -2.05. The van der Waals surface area contributed by atoms with Gasteiger partial charge in [-0.1, -0.05) is 26.5 Å². The third-order valence-corrected chi connectivity index (χ3v) is 9.92. The second-order valence-corrected chi connectivity index (χ2v) is 13.1. The number of carboxylic acid groups (broad SMARTS) is 4. The summed E-state index contributed by atoms with van der Waals surface area (Å²) in [5.41, 5.74) is 7.06. The van der Waals surface area contributed by atoms with Crippen molar-refractivity contribution in [3.8, 4) is 0 Å². The van der Waals surface area contributed by atoms with Crippen LogP contribution in [0.4, 0.5) is 0 Å². The number of nitrogens with zero attached hydrogens (tertiary/aromatic N) is 2. The van der Waals surface area contributed by atoms with Crippen molar-refractivity contribution in [3.63, 3.8) is 0 Å². The molecule has 3 unspecified atom stereocenters. The van der Waals surface area contributed by atoms with E-state index in [1.165, 1.54) is 6.92 Å². The van der Waals surface area contributed by atoms with Gasteiger partial charge in [-0.05, 0) is 80.5 Å². The standard InChI is InChI=1S/C38H41N5O9.4Na/c1-7-20-16(3)24-12-26-18(5)22(9-10-32(45)46)35(42-26)23(11-31(44)41-30(37(49)50)15-33(47)48)36-34(38(51)52)19(6)27(43-36)14-29-21(8-2)17(4)25(40-29)13-28(20)39-24;;;;/h7,12-14,18,22,30,39-40H,1,8-11,15H2,2-6H3,(H,41,44)(H,45,46)(H,47,48)(H,49,50)(H,51,52);;;;/q;4*+1/p-4. The van der Waals surface area contributed by atoms with Crippen LogP contribution in [0, 0.1) is 13.8 Å². The molecule has 18 heteroatoms. The molecule has 2 aliphatic rings. The van der Waals surface area contributed by atoms with Gasteiger partial charge in [0.2, 0.25) is 5.91 Å². The normalized spacial score (nSPS) is 14.9. The van der Waals surface area contributed by atoms with Crippen LogP contribution in [0.25, 0.3) is 39.3 Å². The SMILES string of the molecule is C=Cc1c(C)c2cc3nc(c(CC(=O)NC(CC(=O)[O-])C(=O)[O-])c4nc(cc5[nH]c(cc1[nH]2)c(C)c5CC)C(C)=C4C(=O)[O-])C(CCC(=O)[O-])C3C.[Na+].[Na+].[Na+].[Na+]. The van der Waals surface area contributed by atoms with Crippen LogP contribution in [0.1, 0.15) is 102 Å². The number of aliphatic carboxylic acids is 4. The van der Waals surface area contributed by atoms with E-state index in [1.54, 1.807) is 18.2 Å². The minimum Gasteiger partial charge on any atom is -0.550 e. The average molecular weight is 800 g/mol. The summed E-state index contributed by atoms with van der Waals surface area (Å²) in [5.74, 6) is -8.72. The first kappa shape index (κ1) is 52.0. The molecule has 14 nitrogen and oxygen atoms in total. The number of hydrogen-bond acceptors (Lipinski definition) is 11. The Kier molecular flexibility index (Phi) is 20.2. The zero-order valence-electron chi connectivity index (χ0n) is 33.4. The number of rotatable bonds is 12. The molecule has 0 fully saturated rings. The molecule has 272 valence electrons. The van der Waals surface area contributed by atoms with E-state index < -0.39 is 66.9 Å². The van der Waals surface area contributed by atoms with Crippen molar-refractivity contribution >= 4 is 69.1 Å². The van der Waals surface area contributed by atoms with Gasteiger partial charge in [-0.25, -0.2) is 4.98 Å². The van der Waals surface area contributed by atoms with E-state index >= 15 is 0 Å². The minimum absolute atomic E-state index is 0. The summed E-state index contributed by atoms with van der Waals surface area (Å²) in [4.78, 5) is 77.5. The molecular formula is C38H37N5Na4O9. The van der Waals surface area contributed by atoms with Gasteiger partial charge in [0, 0.05) is 74.7 Å². The van der Waals surface area contributed by atoms with E-state index in [-0.39, 0.29) is 158 Å². The van der Waals surface area contributed by atoms with Gasteiger partial charge in [0.1, 0.15) is 0 Å². The van der Waals surface area contributed by atoms with Crippen molar-refractivity contribution in [3.05, 3.63) is 75.4 Å². The van der Waals surface area contributed by atoms with Crippen LogP contribution < -0.4 is 144 Å². The first-order chi connectivity index (χ1) is 24.6. The van der Waals surface area contributed by atoms with Crippen molar-refractivity contribution in [2.24, 2.45) is 0 Å². The Bertz CT molecular complexity index is 2260. The van der Waals surface area contributed by atoms with Gasteiger partial charge < -0.3 is 54.9 Å². The molecule has 0 saturated carbocycles. The maximum Gasteiger partial charge on any atom is 1.00 e. The van der Waals surface area contributed by atoms with Crippen molar-refractivity contribution < 1.29 is 163 Å². The predicted molar refractivity (Wildman–Crippen MR) is 183 cm³/mol. The van der Waals surface area contributed by atoms with Crippen LogP contribution in [0.5, 0.6) is 0 Å². The number of fused-ring (bicyclic) bond motifs is 8. The molecule has 0 aliphatic carbocycles. The zero-order valence-corrected chi connectivity index (χ0v) is 41.4. The summed E-state index contributed by atoms with van der Waals surface area (Å²) in [6.07, 6.45) is 0.157. The molecule has 56 heavy (non-hydrogen) atoms. The fourth-order valence-corrected chi connectivity index (χ4v) is 7.12. The summed E-state index contributed by atoms with van der Waals surface area (Å²) >= 11 is 0. The van der Waals surface area contributed by atoms with Gasteiger partial charge in [-0.15, -0.1) is 0 Å². The number of carbonyl (C=O) groups is 5. The Balaban J connectivity index is 0.00000392. The molecule has 3 aromatic rings. The number of carboxylic acids is 4. The largest absolute Gasteiger partial charge is 1.00 e. The van der Waals surface area contributed by atoms with Gasteiger partial charge in [0.05, 0.1) is 41.5 Å². The Morgan fingerprint density at radius 1 is 0.857 bits per heavy atom. The number of aromatic nitrogens is 4. The van der Waals surface area contributed by atoms with E-state index in [1.807, 2.05) is 33.8 Å². The van der Waals surface area contributed by atoms with Gasteiger partial charge in [-0.3, -0.25) is 9.78 Å². The summed E-state index contributed by atoms with van der Waals surface area (Å²) in [5, 5.41) is 49.6. The molecule has 3 N–H and O–H groups in total. The van der Waals surface area contributed by atoms with E-state index in [0.717, 1.165) is 33.3 Å². The quantitative estimate of drug-likeness (QED) is 0.145. The van der Waals surface area contributed by atoms with E-state index in [2.05, 4.69) is 21.9 Å². The molecule has 3 aromatic heterocycles. The summed E-state index contributed by atoms with van der Waals surface area (Å²) in [6.45, 7) is 13.2. The fraction of sp³-hybridized carbons (Fsp3) is 0.342. The number of carbonyl (C=O) groups excluding carboxylic acids is 5.